The lowest BCUT2D eigenvalue weighted by atomic mass is 9.70. The molecule has 1 fully saturated rings. The molecule has 4 atom stereocenters. The normalized spacial score (nSPS) is 20.3. The third-order valence-electron chi connectivity index (χ3n) is 9.13. The number of carbonyl (C=O) groups is 2. The van der Waals surface area contributed by atoms with Crippen LogP contribution in [0.3, 0.4) is 0 Å². The van der Waals surface area contributed by atoms with Gasteiger partial charge in [0.15, 0.2) is 0 Å². The molecule has 6 N–H and O–H groups in total. The van der Waals surface area contributed by atoms with Crippen molar-refractivity contribution in [3.8, 4) is 6.07 Å². The Labute approximate surface area is 305 Å². The summed E-state index contributed by atoms with van der Waals surface area (Å²) in [6.45, 7) is 12.0. The SMILES string of the molecule is CC(C)(C)OC(=O)N[C@@H](Cc1ccccc1)[C@H](O)CNCC1(CCC#N)CCC(O[C@H](CN)[C@H](Cc2ccccc2)NC(=O)OC(C)(C)C)CC1. The Hall–Kier alpha value is -3.69. The Balaban J connectivity index is 1.64. The van der Waals surface area contributed by atoms with Crippen molar-refractivity contribution < 1.29 is 28.9 Å². The molecule has 2 aromatic rings. The van der Waals surface area contributed by atoms with E-state index in [1.807, 2.05) is 81.4 Å². The molecule has 0 aromatic heterocycles. The number of rotatable bonds is 17. The number of amides is 2. The van der Waals surface area contributed by atoms with E-state index in [1.165, 1.54) is 0 Å². The van der Waals surface area contributed by atoms with Crippen molar-refractivity contribution in [3.05, 3.63) is 71.8 Å². The van der Waals surface area contributed by atoms with E-state index in [-0.39, 0.29) is 24.6 Å². The van der Waals surface area contributed by atoms with Gasteiger partial charge in [0.1, 0.15) is 11.2 Å². The van der Waals surface area contributed by atoms with Crippen molar-refractivity contribution in [2.45, 2.75) is 135 Å². The molecule has 0 heterocycles. The highest BCUT2D eigenvalue weighted by atomic mass is 16.6. The van der Waals surface area contributed by atoms with Gasteiger partial charge in [-0.3, -0.25) is 0 Å². The number of nitrogens with one attached hydrogen (secondary N) is 3. The van der Waals surface area contributed by atoms with Crippen LogP contribution in [-0.2, 0) is 27.1 Å². The van der Waals surface area contributed by atoms with Crippen LogP contribution in [-0.4, -0.2) is 78.5 Å². The number of alkyl carbamates (subject to hydrolysis) is 2. The first-order valence-corrected chi connectivity index (χ1v) is 18.3. The lowest BCUT2D eigenvalue weighted by molar-refractivity contribution is -0.0615. The average molecular weight is 708 g/mol. The molecular weight excluding hydrogens is 646 g/mol. The first-order chi connectivity index (χ1) is 24.1. The molecule has 2 amide bonds. The summed E-state index contributed by atoms with van der Waals surface area (Å²) in [4.78, 5) is 25.5. The molecule has 0 unspecified atom stereocenters. The Bertz CT molecular complexity index is 1360. The zero-order valence-electron chi connectivity index (χ0n) is 31.5. The van der Waals surface area contributed by atoms with Crippen LogP contribution in [0.25, 0.3) is 0 Å². The second-order valence-electron chi connectivity index (χ2n) is 15.9. The van der Waals surface area contributed by atoms with Crippen molar-refractivity contribution in [1.82, 2.24) is 16.0 Å². The van der Waals surface area contributed by atoms with Gasteiger partial charge < -0.3 is 41.0 Å². The maximum atomic E-state index is 12.8. The Kier molecular flexibility index (Phi) is 16.2. The van der Waals surface area contributed by atoms with Gasteiger partial charge in [-0.1, -0.05) is 60.7 Å². The summed E-state index contributed by atoms with van der Waals surface area (Å²) in [5, 5.41) is 30.2. The molecule has 1 aliphatic rings. The van der Waals surface area contributed by atoms with Gasteiger partial charge in [0.05, 0.1) is 36.5 Å². The number of aliphatic hydroxyl groups excluding tert-OH is 1. The van der Waals surface area contributed by atoms with Gasteiger partial charge in [-0.05, 0) is 103 Å². The molecule has 11 nitrogen and oxygen atoms in total. The van der Waals surface area contributed by atoms with Gasteiger partial charge in [0, 0.05) is 26.1 Å². The van der Waals surface area contributed by atoms with Gasteiger partial charge in [0.2, 0.25) is 0 Å². The van der Waals surface area contributed by atoms with Crippen molar-refractivity contribution in [2.75, 3.05) is 19.6 Å². The second kappa shape index (κ2) is 19.8. The first kappa shape index (κ1) is 41.7. The standard InChI is InChI=1S/C40H61N5O6/c1-38(2,3)50-36(47)44-32(24-29-14-9-7-10-15-29)34(46)27-43-28-40(20-13-23-41)21-18-31(19-22-40)49-35(26-42)33(25-30-16-11-8-12-17-30)45-37(48)51-39(4,5)6/h7-12,14-17,31-35,43,46H,13,18-22,24-28,42H2,1-6H3,(H,44,47)(H,45,48)/t31?,32-,33-,34+,35+,40?/m0/s1. The van der Waals surface area contributed by atoms with Gasteiger partial charge in [-0.15, -0.1) is 0 Å². The Morgan fingerprint density at radius 2 is 1.37 bits per heavy atom. The molecule has 2 aromatic carbocycles. The maximum Gasteiger partial charge on any atom is 0.407 e. The van der Waals surface area contributed by atoms with Crippen LogP contribution < -0.4 is 21.7 Å². The van der Waals surface area contributed by atoms with E-state index in [2.05, 4.69) is 22.0 Å². The molecule has 3 rings (SSSR count). The van der Waals surface area contributed by atoms with E-state index in [1.54, 1.807) is 20.8 Å². The summed E-state index contributed by atoms with van der Waals surface area (Å²) in [5.74, 6) is 0. The number of benzene rings is 2. The number of aliphatic hydroxyl groups is 1. The first-order valence-electron chi connectivity index (χ1n) is 18.3. The third-order valence-corrected chi connectivity index (χ3v) is 9.13. The molecule has 1 saturated carbocycles. The number of nitrogens with zero attached hydrogens (tertiary/aromatic N) is 1. The smallest absolute Gasteiger partial charge is 0.407 e. The molecule has 0 radical (unpaired) electrons. The number of ether oxygens (including phenoxy) is 3. The molecule has 0 saturated heterocycles. The van der Waals surface area contributed by atoms with Crippen molar-refractivity contribution in [1.29, 1.82) is 5.26 Å². The van der Waals surface area contributed by atoms with E-state index in [0.29, 0.717) is 25.8 Å². The highest BCUT2D eigenvalue weighted by Gasteiger charge is 2.37. The molecule has 1 aliphatic carbocycles. The van der Waals surface area contributed by atoms with E-state index < -0.39 is 47.7 Å². The van der Waals surface area contributed by atoms with E-state index >= 15 is 0 Å². The van der Waals surface area contributed by atoms with Gasteiger partial charge in [0.25, 0.3) is 0 Å². The van der Waals surface area contributed by atoms with E-state index in [4.69, 9.17) is 19.9 Å². The highest BCUT2D eigenvalue weighted by molar-refractivity contribution is 5.68. The summed E-state index contributed by atoms with van der Waals surface area (Å²) >= 11 is 0. The minimum Gasteiger partial charge on any atom is -0.444 e. The molecule has 0 spiro atoms. The summed E-state index contributed by atoms with van der Waals surface area (Å²) in [6, 6.07) is 21.0. The van der Waals surface area contributed by atoms with Crippen molar-refractivity contribution in [2.24, 2.45) is 11.1 Å². The summed E-state index contributed by atoms with van der Waals surface area (Å²) in [6.07, 6.45) is 2.87. The van der Waals surface area contributed by atoms with Gasteiger partial charge >= 0.3 is 12.2 Å². The van der Waals surface area contributed by atoms with Gasteiger partial charge in [-0.25, -0.2) is 9.59 Å². The van der Waals surface area contributed by atoms with E-state index in [0.717, 1.165) is 43.2 Å². The Morgan fingerprint density at radius 3 is 1.84 bits per heavy atom. The third kappa shape index (κ3) is 15.6. The number of hydrogen-bond donors (Lipinski definition) is 5. The van der Waals surface area contributed by atoms with Crippen molar-refractivity contribution >= 4 is 12.2 Å². The van der Waals surface area contributed by atoms with Crippen LogP contribution >= 0.6 is 0 Å². The minimum absolute atomic E-state index is 0.0636. The largest absolute Gasteiger partial charge is 0.444 e. The number of nitriles is 1. The molecule has 11 heteroatoms. The molecule has 0 aliphatic heterocycles. The number of hydrogen-bond acceptors (Lipinski definition) is 9. The average Bonchev–Trinajstić information content (AvgIpc) is 3.06. The van der Waals surface area contributed by atoms with Crippen LogP contribution in [0.4, 0.5) is 9.59 Å². The number of carbonyl (C=O) groups excluding carboxylic acids is 2. The van der Waals surface area contributed by atoms with Crippen LogP contribution in [0.15, 0.2) is 60.7 Å². The predicted octanol–water partition coefficient (Wildman–Crippen LogP) is 5.79. The van der Waals surface area contributed by atoms with Crippen molar-refractivity contribution in [3.63, 3.8) is 0 Å². The quantitative estimate of drug-likeness (QED) is 0.137. The molecule has 0 bridgehead atoms. The minimum atomic E-state index is -0.880. The summed E-state index contributed by atoms with van der Waals surface area (Å²) in [7, 11) is 0. The second-order valence-corrected chi connectivity index (χ2v) is 15.9. The van der Waals surface area contributed by atoms with Crippen LogP contribution in [0.2, 0.25) is 0 Å². The number of nitrogens with two attached hydrogens (primary N) is 1. The lowest BCUT2D eigenvalue weighted by Crippen LogP contribution is -2.52. The summed E-state index contributed by atoms with van der Waals surface area (Å²) < 4.78 is 17.7. The molecular formula is C40H61N5O6. The lowest BCUT2D eigenvalue weighted by Gasteiger charge is -2.42. The molecule has 51 heavy (non-hydrogen) atoms. The van der Waals surface area contributed by atoms with Crippen LogP contribution in [0.5, 0.6) is 0 Å². The summed E-state index contributed by atoms with van der Waals surface area (Å²) in [5.41, 5.74) is 6.86. The molecule has 282 valence electrons. The zero-order valence-corrected chi connectivity index (χ0v) is 31.5. The fourth-order valence-corrected chi connectivity index (χ4v) is 6.58. The monoisotopic (exact) mass is 707 g/mol. The fraction of sp³-hybridized carbons (Fsp3) is 0.625. The van der Waals surface area contributed by atoms with Gasteiger partial charge in [-0.2, -0.15) is 5.26 Å². The topological polar surface area (TPSA) is 168 Å². The fourth-order valence-electron chi connectivity index (χ4n) is 6.58. The maximum absolute atomic E-state index is 12.8. The predicted molar refractivity (Wildman–Crippen MR) is 199 cm³/mol. The zero-order chi connectivity index (χ0) is 37.5. The highest BCUT2D eigenvalue weighted by Crippen LogP contribution is 2.41. The van der Waals surface area contributed by atoms with Crippen LogP contribution in [0, 0.1) is 16.7 Å². The Morgan fingerprint density at radius 1 is 0.882 bits per heavy atom. The van der Waals surface area contributed by atoms with E-state index in [9.17, 15) is 20.0 Å². The van der Waals surface area contributed by atoms with Crippen LogP contribution in [0.1, 0.15) is 91.2 Å².